The molecule has 0 aliphatic carbocycles. The van der Waals surface area contributed by atoms with Gasteiger partial charge in [0, 0.05) is 6.20 Å². The topological polar surface area (TPSA) is 64.7 Å². The lowest BCUT2D eigenvalue weighted by molar-refractivity contribution is -0.116. The van der Waals surface area contributed by atoms with Crippen molar-refractivity contribution >= 4 is 27.5 Å². The van der Waals surface area contributed by atoms with Gasteiger partial charge in [-0.2, -0.15) is 10.2 Å². The van der Waals surface area contributed by atoms with Gasteiger partial charge in [-0.3, -0.25) is 14.2 Å². The molecule has 0 saturated heterocycles. The summed E-state index contributed by atoms with van der Waals surface area (Å²) >= 11 is 3.41. The van der Waals surface area contributed by atoms with Crippen LogP contribution in [0.25, 0.3) is 0 Å². The Morgan fingerprint density at radius 2 is 1.77 bits per heavy atom. The lowest BCUT2D eigenvalue weighted by atomic mass is 10.1. The van der Waals surface area contributed by atoms with Crippen molar-refractivity contribution in [2.45, 2.75) is 40.8 Å². The Morgan fingerprint density at radius 1 is 1.08 bits per heavy atom. The molecule has 2 heterocycles. The van der Waals surface area contributed by atoms with Crippen LogP contribution in [-0.4, -0.2) is 25.5 Å². The summed E-state index contributed by atoms with van der Waals surface area (Å²) in [6.45, 7) is 8.67. The average Bonchev–Trinajstić information content (AvgIpc) is 3.03. The number of hydrogen-bond acceptors (Lipinski definition) is 3. The van der Waals surface area contributed by atoms with E-state index in [1.54, 1.807) is 10.9 Å². The first-order chi connectivity index (χ1) is 12.3. The minimum Gasteiger partial charge on any atom is -0.321 e. The normalized spacial score (nSPS) is 11.0. The quantitative estimate of drug-likeness (QED) is 0.689. The van der Waals surface area contributed by atoms with Crippen LogP contribution >= 0.6 is 15.9 Å². The van der Waals surface area contributed by atoms with E-state index in [-0.39, 0.29) is 12.5 Å². The van der Waals surface area contributed by atoms with E-state index < -0.39 is 0 Å². The second-order valence-electron chi connectivity index (χ2n) is 6.50. The number of hydrogen-bond donors (Lipinski definition) is 1. The highest BCUT2D eigenvalue weighted by atomic mass is 79.9. The molecule has 0 atom stereocenters. The molecule has 0 aliphatic heterocycles. The van der Waals surface area contributed by atoms with Crippen molar-refractivity contribution in [2.75, 3.05) is 5.32 Å². The van der Waals surface area contributed by atoms with Gasteiger partial charge < -0.3 is 5.32 Å². The summed E-state index contributed by atoms with van der Waals surface area (Å²) < 4.78 is 4.43. The fourth-order valence-corrected chi connectivity index (χ4v) is 3.11. The highest BCUT2D eigenvalue weighted by Gasteiger charge is 2.15. The van der Waals surface area contributed by atoms with Gasteiger partial charge in [0.2, 0.25) is 5.91 Å². The van der Waals surface area contributed by atoms with E-state index in [9.17, 15) is 4.79 Å². The second-order valence-corrected chi connectivity index (χ2v) is 7.35. The molecule has 0 unspecified atom stereocenters. The number of halogens is 1. The van der Waals surface area contributed by atoms with Crippen molar-refractivity contribution in [3.63, 3.8) is 0 Å². The molecule has 0 aliphatic rings. The zero-order chi connectivity index (χ0) is 18.8. The summed E-state index contributed by atoms with van der Waals surface area (Å²) in [7, 11) is 0. The third kappa shape index (κ3) is 4.04. The summed E-state index contributed by atoms with van der Waals surface area (Å²) in [5, 5.41) is 11.8. The van der Waals surface area contributed by atoms with Crippen LogP contribution in [-0.2, 0) is 17.9 Å². The van der Waals surface area contributed by atoms with Crippen LogP contribution in [0.15, 0.2) is 34.9 Å². The Kier molecular flexibility index (Phi) is 5.27. The monoisotopic (exact) mass is 415 g/mol. The number of aromatic nitrogens is 4. The third-order valence-electron chi connectivity index (χ3n) is 4.29. The van der Waals surface area contributed by atoms with Gasteiger partial charge in [-0.15, -0.1) is 0 Å². The Morgan fingerprint density at radius 3 is 2.38 bits per heavy atom. The first kappa shape index (κ1) is 18.4. The highest BCUT2D eigenvalue weighted by molar-refractivity contribution is 9.10. The van der Waals surface area contributed by atoms with Crippen LogP contribution in [0.4, 0.5) is 5.69 Å². The molecule has 0 bridgehead atoms. The standard InChI is InChI=1S/C19H22BrN5O/c1-12-5-7-16(8-6-12)9-25-15(4)19(14(3)23-25)21-18(26)11-24-10-17(20)13(2)22-24/h5-8,10H,9,11H2,1-4H3,(H,21,26). The van der Waals surface area contributed by atoms with Gasteiger partial charge in [0.05, 0.1) is 33.8 Å². The summed E-state index contributed by atoms with van der Waals surface area (Å²) in [4.78, 5) is 12.4. The average molecular weight is 416 g/mol. The summed E-state index contributed by atoms with van der Waals surface area (Å²) in [6.07, 6.45) is 1.80. The lowest BCUT2D eigenvalue weighted by Gasteiger charge is -2.08. The molecule has 26 heavy (non-hydrogen) atoms. The minimum atomic E-state index is -0.124. The molecular formula is C19H22BrN5O. The van der Waals surface area contributed by atoms with E-state index in [0.717, 1.165) is 27.2 Å². The van der Waals surface area contributed by atoms with Crippen molar-refractivity contribution in [1.29, 1.82) is 0 Å². The van der Waals surface area contributed by atoms with Crippen molar-refractivity contribution < 1.29 is 4.79 Å². The van der Waals surface area contributed by atoms with Gasteiger partial charge in [-0.25, -0.2) is 0 Å². The molecule has 1 aromatic carbocycles. The fourth-order valence-electron chi connectivity index (χ4n) is 2.80. The number of anilines is 1. The van der Waals surface area contributed by atoms with E-state index in [1.165, 1.54) is 11.1 Å². The molecule has 6 nitrogen and oxygen atoms in total. The molecule has 1 N–H and O–H groups in total. The fraction of sp³-hybridized carbons (Fsp3) is 0.316. The second kappa shape index (κ2) is 7.45. The number of rotatable bonds is 5. The molecule has 1 amide bonds. The van der Waals surface area contributed by atoms with Gasteiger partial charge in [0.15, 0.2) is 0 Å². The van der Waals surface area contributed by atoms with E-state index in [4.69, 9.17) is 0 Å². The maximum absolute atomic E-state index is 12.4. The zero-order valence-corrected chi connectivity index (χ0v) is 17.0. The smallest absolute Gasteiger partial charge is 0.246 e. The minimum absolute atomic E-state index is 0.124. The van der Waals surface area contributed by atoms with E-state index in [2.05, 4.69) is 62.6 Å². The van der Waals surface area contributed by atoms with Crippen molar-refractivity contribution in [2.24, 2.45) is 0 Å². The van der Waals surface area contributed by atoms with Crippen LogP contribution in [0.1, 0.15) is 28.2 Å². The Balaban J connectivity index is 1.72. The summed E-state index contributed by atoms with van der Waals surface area (Å²) in [6, 6.07) is 8.38. The van der Waals surface area contributed by atoms with Crippen LogP contribution in [0.2, 0.25) is 0 Å². The Hall–Kier alpha value is -2.41. The molecule has 0 fully saturated rings. The predicted octanol–water partition coefficient (Wildman–Crippen LogP) is 3.76. The van der Waals surface area contributed by atoms with Crippen LogP contribution in [0.5, 0.6) is 0 Å². The molecular weight excluding hydrogens is 394 g/mol. The Bertz CT molecular complexity index is 920. The van der Waals surface area contributed by atoms with E-state index in [0.29, 0.717) is 6.54 Å². The molecule has 136 valence electrons. The lowest BCUT2D eigenvalue weighted by Crippen LogP contribution is -2.20. The zero-order valence-electron chi connectivity index (χ0n) is 15.4. The SMILES string of the molecule is Cc1ccc(Cn2nc(C)c(NC(=O)Cn3cc(Br)c(C)n3)c2C)cc1. The summed E-state index contributed by atoms with van der Waals surface area (Å²) in [5.41, 5.74) is 5.78. The number of nitrogens with one attached hydrogen (secondary N) is 1. The van der Waals surface area contributed by atoms with Crippen LogP contribution in [0.3, 0.4) is 0 Å². The van der Waals surface area contributed by atoms with Crippen molar-refractivity contribution in [3.8, 4) is 0 Å². The number of benzene rings is 1. The van der Waals surface area contributed by atoms with Crippen LogP contribution in [0, 0.1) is 27.7 Å². The highest BCUT2D eigenvalue weighted by Crippen LogP contribution is 2.21. The molecule has 2 aromatic heterocycles. The predicted molar refractivity (Wildman–Crippen MR) is 105 cm³/mol. The number of nitrogens with zero attached hydrogens (tertiary/aromatic N) is 4. The summed E-state index contributed by atoms with van der Waals surface area (Å²) in [5.74, 6) is -0.124. The molecule has 0 saturated carbocycles. The van der Waals surface area contributed by atoms with Crippen molar-refractivity contribution in [3.05, 3.63) is 63.1 Å². The van der Waals surface area contributed by atoms with Gasteiger partial charge in [0.25, 0.3) is 0 Å². The van der Waals surface area contributed by atoms with E-state index >= 15 is 0 Å². The molecule has 0 radical (unpaired) electrons. The number of aryl methyl sites for hydroxylation is 3. The number of amides is 1. The number of carbonyl (C=O) groups is 1. The molecule has 0 spiro atoms. The first-order valence-electron chi connectivity index (χ1n) is 8.42. The first-order valence-corrected chi connectivity index (χ1v) is 9.21. The largest absolute Gasteiger partial charge is 0.321 e. The van der Waals surface area contributed by atoms with Gasteiger partial charge in [-0.05, 0) is 49.2 Å². The molecule has 3 aromatic rings. The van der Waals surface area contributed by atoms with Gasteiger partial charge in [-0.1, -0.05) is 29.8 Å². The van der Waals surface area contributed by atoms with Crippen molar-refractivity contribution in [1.82, 2.24) is 19.6 Å². The maximum Gasteiger partial charge on any atom is 0.246 e. The van der Waals surface area contributed by atoms with Gasteiger partial charge >= 0.3 is 0 Å². The molecule has 3 rings (SSSR count). The Labute approximate surface area is 161 Å². The third-order valence-corrected chi connectivity index (χ3v) is 5.07. The maximum atomic E-state index is 12.4. The van der Waals surface area contributed by atoms with Crippen LogP contribution < -0.4 is 5.32 Å². The van der Waals surface area contributed by atoms with Gasteiger partial charge in [0.1, 0.15) is 6.54 Å². The molecule has 7 heteroatoms. The number of carbonyl (C=O) groups excluding carboxylic acids is 1. The van der Waals surface area contributed by atoms with E-state index in [1.807, 2.05) is 25.5 Å².